The Morgan fingerprint density at radius 1 is 1.05 bits per heavy atom. The van der Waals surface area contributed by atoms with Gasteiger partial charge in [0, 0.05) is 12.1 Å². The van der Waals surface area contributed by atoms with Crippen LogP contribution in [0.4, 0.5) is 5.69 Å². The van der Waals surface area contributed by atoms with E-state index in [0.29, 0.717) is 25.2 Å². The number of benzene rings is 1. The van der Waals surface area contributed by atoms with Crippen LogP contribution in [0.25, 0.3) is 0 Å². The Morgan fingerprint density at radius 3 is 2.32 bits per heavy atom. The molecule has 0 aromatic heterocycles. The Labute approximate surface area is 117 Å². The Kier molecular flexibility index (Phi) is 6.54. The van der Waals surface area contributed by atoms with Crippen LogP contribution in [0.15, 0.2) is 18.2 Å². The summed E-state index contributed by atoms with van der Waals surface area (Å²) in [5.41, 5.74) is 1.01. The summed E-state index contributed by atoms with van der Waals surface area (Å²) in [6.45, 7) is 12.0. The number of hydrogen-bond donors (Lipinski definition) is 1. The molecule has 19 heavy (non-hydrogen) atoms. The highest BCUT2D eigenvalue weighted by Crippen LogP contribution is 2.30. The topological polar surface area (TPSA) is 30.5 Å². The van der Waals surface area contributed by atoms with Gasteiger partial charge in [-0.25, -0.2) is 0 Å². The van der Waals surface area contributed by atoms with Gasteiger partial charge in [-0.1, -0.05) is 13.8 Å². The molecule has 0 heterocycles. The third-order valence-corrected chi connectivity index (χ3v) is 2.79. The summed E-state index contributed by atoms with van der Waals surface area (Å²) >= 11 is 0. The lowest BCUT2D eigenvalue weighted by molar-refractivity contribution is 0.331. The van der Waals surface area contributed by atoms with Crippen LogP contribution in [0.5, 0.6) is 11.5 Å². The molecule has 0 saturated heterocycles. The first-order valence-corrected chi connectivity index (χ1v) is 7.23. The van der Waals surface area contributed by atoms with Crippen LogP contribution in [-0.4, -0.2) is 19.3 Å². The number of rotatable bonds is 8. The lowest BCUT2D eigenvalue weighted by atomic mass is 10.0. The van der Waals surface area contributed by atoms with E-state index in [1.54, 1.807) is 0 Å². The van der Waals surface area contributed by atoms with Gasteiger partial charge in [0.05, 0.1) is 18.9 Å². The molecule has 1 N–H and O–H groups in total. The van der Waals surface area contributed by atoms with Gasteiger partial charge < -0.3 is 14.8 Å². The predicted molar refractivity (Wildman–Crippen MR) is 81.3 cm³/mol. The van der Waals surface area contributed by atoms with E-state index in [2.05, 4.69) is 26.1 Å². The second-order valence-electron chi connectivity index (χ2n) is 5.20. The lowest BCUT2D eigenvalue weighted by Gasteiger charge is -2.20. The van der Waals surface area contributed by atoms with E-state index in [4.69, 9.17) is 9.47 Å². The highest BCUT2D eigenvalue weighted by molar-refractivity contribution is 5.60. The average Bonchev–Trinajstić information content (AvgIpc) is 2.32. The molecule has 1 atom stereocenters. The Morgan fingerprint density at radius 2 is 1.74 bits per heavy atom. The molecule has 0 saturated carbocycles. The quantitative estimate of drug-likeness (QED) is 0.759. The number of ether oxygens (including phenoxy) is 2. The van der Waals surface area contributed by atoms with Crippen LogP contribution in [0.3, 0.4) is 0 Å². The summed E-state index contributed by atoms with van der Waals surface area (Å²) in [5.74, 6) is 2.44. The predicted octanol–water partition coefficient (Wildman–Crippen LogP) is 4.33. The molecule has 0 bridgehead atoms. The molecule has 3 nitrogen and oxygen atoms in total. The van der Waals surface area contributed by atoms with Gasteiger partial charge in [0.2, 0.25) is 0 Å². The van der Waals surface area contributed by atoms with Crippen molar-refractivity contribution < 1.29 is 9.47 Å². The third kappa shape index (κ3) is 5.41. The van der Waals surface area contributed by atoms with Crippen LogP contribution in [0.1, 0.15) is 41.0 Å². The maximum Gasteiger partial charge on any atom is 0.142 e. The van der Waals surface area contributed by atoms with Crippen LogP contribution in [0, 0.1) is 5.92 Å². The summed E-state index contributed by atoms with van der Waals surface area (Å²) in [4.78, 5) is 0. The molecule has 1 rings (SSSR count). The zero-order chi connectivity index (χ0) is 14.3. The molecule has 1 unspecified atom stereocenters. The van der Waals surface area contributed by atoms with Crippen molar-refractivity contribution in [3.05, 3.63) is 18.2 Å². The van der Waals surface area contributed by atoms with Crippen molar-refractivity contribution in [2.75, 3.05) is 18.5 Å². The maximum atomic E-state index is 5.66. The molecule has 0 radical (unpaired) electrons. The Balaban J connectivity index is 2.83. The van der Waals surface area contributed by atoms with Gasteiger partial charge in [0.1, 0.15) is 11.5 Å². The van der Waals surface area contributed by atoms with Gasteiger partial charge in [-0.3, -0.25) is 0 Å². The average molecular weight is 265 g/mol. The van der Waals surface area contributed by atoms with Crippen molar-refractivity contribution in [2.45, 2.75) is 47.1 Å². The monoisotopic (exact) mass is 265 g/mol. The largest absolute Gasteiger partial charge is 0.494 e. The van der Waals surface area contributed by atoms with Gasteiger partial charge in [-0.15, -0.1) is 0 Å². The minimum absolute atomic E-state index is 0.413. The lowest BCUT2D eigenvalue weighted by Crippen LogP contribution is -2.18. The van der Waals surface area contributed by atoms with Gasteiger partial charge in [0.15, 0.2) is 0 Å². The van der Waals surface area contributed by atoms with Crippen molar-refractivity contribution >= 4 is 5.69 Å². The summed E-state index contributed by atoms with van der Waals surface area (Å²) in [6, 6.07) is 6.35. The summed E-state index contributed by atoms with van der Waals surface area (Å²) in [7, 11) is 0. The highest BCUT2D eigenvalue weighted by atomic mass is 16.5. The van der Waals surface area contributed by atoms with Crippen molar-refractivity contribution in [1.29, 1.82) is 0 Å². The number of nitrogens with one attached hydrogen (secondary N) is 1. The van der Waals surface area contributed by atoms with E-state index in [1.165, 1.54) is 0 Å². The molecule has 0 aliphatic rings. The van der Waals surface area contributed by atoms with Crippen LogP contribution < -0.4 is 14.8 Å². The van der Waals surface area contributed by atoms with Crippen molar-refractivity contribution in [1.82, 2.24) is 0 Å². The van der Waals surface area contributed by atoms with Crippen LogP contribution >= 0.6 is 0 Å². The van der Waals surface area contributed by atoms with Gasteiger partial charge >= 0.3 is 0 Å². The molecular formula is C16H27NO2. The molecule has 0 aliphatic heterocycles. The Hall–Kier alpha value is -1.38. The van der Waals surface area contributed by atoms with Crippen molar-refractivity contribution in [3.63, 3.8) is 0 Å². The first-order valence-electron chi connectivity index (χ1n) is 7.23. The SMILES string of the molecule is CCOc1ccc(OCC)c(NC(C)CC(C)C)c1. The van der Waals surface area contributed by atoms with E-state index in [0.717, 1.165) is 23.6 Å². The highest BCUT2D eigenvalue weighted by Gasteiger charge is 2.10. The normalized spacial score (nSPS) is 12.3. The minimum atomic E-state index is 0.413. The zero-order valence-electron chi connectivity index (χ0n) is 12.8. The second kappa shape index (κ2) is 7.93. The first-order chi connectivity index (χ1) is 9.06. The molecular weight excluding hydrogens is 238 g/mol. The van der Waals surface area contributed by atoms with Gasteiger partial charge in [0.25, 0.3) is 0 Å². The summed E-state index contributed by atoms with van der Waals surface area (Å²) in [6.07, 6.45) is 1.13. The fourth-order valence-electron chi connectivity index (χ4n) is 2.19. The van der Waals surface area contributed by atoms with Gasteiger partial charge in [-0.2, -0.15) is 0 Å². The molecule has 1 aromatic carbocycles. The molecule has 0 aliphatic carbocycles. The van der Waals surface area contributed by atoms with Gasteiger partial charge in [-0.05, 0) is 45.2 Å². The van der Waals surface area contributed by atoms with Crippen LogP contribution in [0.2, 0.25) is 0 Å². The molecule has 0 fully saturated rings. The van der Waals surface area contributed by atoms with Crippen LogP contribution in [-0.2, 0) is 0 Å². The smallest absolute Gasteiger partial charge is 0.142 e. The molecule has 108 valence electrons. The minimum Gasteiger partial charge on any atom is -0.494 e. The fraction of sp³-hybridized carbons (Fsp3) is 0.625. The molecule has 3 heteroatoms. The molecule has 1 aromatic rings. The third-order valence-electron chi connectivity index (χ3n) is 2.79. The van der Waals surface area contributed by atoms with Crippen molar-refractivity contribution in [3.8, 4) is 11.5 Å². The zero-order valence-corrected chi connectivity index (χ0v) is 12.8. The molecule has 0 spiro atoms. The Bertz CT molecular complexity index is 377. The van der Waals surface area contributed by atoms with E-state index in [-0.39, 0.29) is 0 Å². The fourth-order valence-corrected chi connectivity index (χ4v) is 2.19. The maximum absolute atomic E-state index is 5.66. The van der Waals surface area contributed by atoms with E-state index < -0.39 is 0 Å². The summed E-state index contributed by atoms with van der Waals surface area (Å²) < 4.78 is 11.2. The van der Waals surface area contributed by atoms with E-state index in [9.17, 15) is 0 Å². The van der Waals surface area contributed by atoms with E-state index in [1.807, 2.05) is 32.0 Å². The molecule has 0 amide bonds. The summed E-state index contributed by atoms with van der Waals surface area (Å²) in [5, 5.41) is 3.52. The number of hydrogen-bond acceptors (Lipinski definition) is 3. The van der Waals surface area contributed by atoms with E-state index >= 15 is 0 Å². The first kappa shape index (κ1) is 15.7. The number of anilines is 1. The van der Waals surface area contributed by atoms with Crippen molar-refractivity contribution in [2.24, 2.45) is 5.92 Å². The second-order valence-corrected chi connectivity index (χ2v) is 5.20. The standard InChI is InChI=1S/C16H27NO2/c1-6-18-14-8-9-16(19-7-2)15(11-14)17-13(5)10-12(3)4/h8-9,11-13,17H,6-7,10H2,1-5H3.